The van der Waals surface area contributed by atoms with Crippen LogP contribution in [0, 0.1) is 0 Å². The Kier molecular flexibility index (Phi) is 4.53. The number of hydrogen-bond donors (Lipinski definition) is 1. The van der Waals surface area contributed by atoms with Crippen molar-refractivity contribution in [3.63, 3.8) is 0 Å². The molecule has 104 valence electrons. The summed E-state index contributed by atoms with van der Waals surface area (Å²) >= 11 is 11.8. The molecular weight excluding hydrogens is 295 g/mol. The molecular formula is C15H14Cl2N2O. The van der Waals surface area contributed by atoms with Crippen LogP contribution < -0.4 is 5.73 Å². The normalized spacial score (nSPS) is 10.3. The minimum atomic E-state index is -0.109. The fraction of sp³-hybridized carbons (Fsp3) is 0.133. The highest BCUT2D eigenvalue weighted by Crippen LogP contribution is 2.21. The summed E-state index contributed by atoms with van der Waals surface area (Å²) in [7, 11) is 1.74. The molecule has 0 radical (unpaired) electrons. The molecule has 0 saturated carbocycles. The topological polar surface area (TPSA) is 46.3 Å². The number of rotatable bonds is 3. The second-order valence-corrected chi connectivity index (χ2v) is 5.37. The molecule has 0 aliphatic heterocycles. The molecule has 2 aromatic rings. The van der Waals surface area contributed by atoms with Crippen LogP contribution in [0.5, 0.6) is 0 Å². The Bertz CT molecular complexity index is 626. The molecule has 0 aromatic heterocycles. The van der Waals surface area contributed by atoms with Crippen molar-refractivity contribution in [2.45, 2.75) is 6.54 Å². The molecule has 5 heteroatoms. The molecule has 3 nitrogen and oxygen atoms in total. The van der Waals surface area contributed by atoms with E-state index in [4.69, 9.17) is 28.9 Å². The standard InChI is InChI=1S/C15H14Cl2N2O/c1-19(9-10-2-5-12(16)6-3-10)15(20)11-4-7-14(18)13(17)8-11/h2-8H,9,18H2,1H3. The molecule has 0 fully saturated rings. The van der Waals surface area contributed by atoms with Gasteiger partial charge in [0.25, 0.3) is 5.91 Å². The highest BCUT2D eigenvalue weighted by atomic mass is 35.5. The van der Waals surface area contributed by atoms with Gasteiger partial charge in [-0.05, 0) is 35.9 Å². The van der Waals surface area contributed by atoms with Gasteiger partial charge in [0.2, 0.25) is 0 Å². The third-order valence-corrected chi connectivity index (χ3v) is 3.51. The molecule has 0 spiro atoms. The molecule has 0 aliphatic rings. The van der Waals surface area contributed by atoms with Crippen molar-refractivity contribution in [3.8, 4) is 0 Å². The molecule has 1 amide bonds. The van der Waals surface area contributed by atoms with Gasteiger partial charge in [0.1, 0.15) is 0 Å². The smallest absolute Gasteiger partial charge is 0.253 e. The number of nitrogens with zero attached hydrogens (tertiary/aromatic N) is 1. The van der Waals surface area contributed by atoms with Crippen LogP contribution in [-0.4, -0.2) is 17.9 Å². The lowest BCUT2D eigenvalue weighted by atomic mass is 10.1. The van der Waals surface area contributed by atoms with E-state index < -0.39 is 0 Å². The fourth-order valence-electron chi connectivity index (χ4n) is 1.82. The molecule has 0 atom stereocenters. The van der Waals surface area contributed by atoms with Crippen LogP contribution in [0.2, 0.25) is 10.0 Å². The predicted octanol–water partition coefficient (Wildman–Crippen LogP) is 3.85. The molecule has 20 heavy (non-hydrogen) atoms. The van der Waals surface area contributed by atoms with Gasteiger partial charge in [0.05, 0.1) is 10.7 Å². The second-order valence-electron chi connectivity index (χ2n) is 4.52. The first-order valence-corrected chi connectivity index (χ1v) is 6.78. The minimum Gasteiger partial charge on any atom is -0.398 e. The fourth-order valence-corrected chi connectivity index (χ4v) is 2.12. The summed E-state index contributed by atoms with van der Waals surface area (Å²) in [5, 5.41) is 1.06. The van der Waals surface area contributed by atoms with Crippen LogP contribution in [0.3, 0.4) is 0 Å². The van der Waals surface area contributed by atoms with Gasteiger partial charge < -0.3 is 10.6 Å². The molecule has 2 aromatic carbocycles. The third kappa shape index (κ3) is 3.44. The van der Waals surface area contributed by atoms with Crippen LogP contribution in [0.15, 0.2) is 42.5 Å². The van der Waals surface area contributed by atoms with Gasteiger partial charge in [-0.25, -0.2) is 0 Å². The SMILES string of the molecule is CN(Cc1ccc(Cl)cc1)C(=O)c1ccc(N)c(Cl)c1. The number of carbonyl (C=O) groups excluding carboxylic acids is 1. The quantitative estimate of drug-likeness (QED) is 0.875. The summed E-state index contributed by atoms with van der Waals surface area (Å²) in [6.07, 6.45) is 0. The van der Waals surface area contributed by atoms with Gasteiger partial charge in [-0.15, -0.1) is 0 Å². The van der Waals surface area contributed by atoms with Gasteiger partial charge in [-0.1, -0.05) is 35.3 Å². The Morgan fingerprint density at radius 2 is 1.80 bits per heavy atom. The maximum Gasteiger partial charge on any atom is 0.253 e. The van der Waals surface area contributed by atoms with Gasteiger partial charge in [-0.2, -0.15) is 0 Å². The third-order valence-electron chi connectivity index (χ3n) is 2.93. The van der Waals surface area contributed by atoms with Crippen LogP contribution in [-0.2, 0) is 6.54 Å². The zero-order valence-electron chi connectivity index (χ0n) is 10.9. The van der Waals surface area contributed by atoms with Crippen molar-refractivity contribution < 1.29 is 4.79 Å². The van der Waals surface area contributed by atoms with Crippen molar-refractivity contribution in [1.29, 1.82) is 0 Å². The Morgan fingerprint density at radius 1 is 1.15 bits per heavy atom. The van der Waals surface area contributed by atoms with Gasteiger partial charge in [0, 0.05) is 24.2 Å². The first-order valence-electron chi connectivity index (χ1n) is 6.02. The van der Waals surface area contributed by atoms with Gasteiger partial charge >= 0.3 is 0 Å². The number of anilines is 1. The summed E-state index contributed by atoms with van der Waals surface area (Å²) in [5.41, 5.74) is 7.62. The summed E-state index contributed by atoms with van der Waals surface area (Å²) < 4.78 is 0. The average Bonchev–Trinajstić information content (AvgIpc) is 2.43. The van der Waals surface area contributed by atoms with Crippen molar-refractivity contribution in [1.82, 2.24) is 4.90 Å². The zero-order chi connectivity index (χ0) is 14.7. The molecule has 0 unspecified atom stereocenters. The Morgan fingerprint density at radius 3 is 2.40 bits per heavy atom. The van der Waals surface area contributed by atoms with Crippen molar-refractivity contribution in [2.24, 2.45) is 0 Å². The summed E-state index contributed by atoms with van der Waals surface area (Å²) in [6, 6.07) is 12.3. The first-order chi connectivity index (χ1) is 9.47. The summed E-state index contributed by atoms with van der Waals surface area (Å²) in [5.74, 6) is -0.109. The number of carbonyl (C=O) groups is 1. The van der Waals surface area contributed by atoms with Crippen LogP contribution in [0.4, 0.5) is 5.69 Å². The lowest BCUT2D eigenvalue weighted by Gasteiger charge is -2.17. The largest absolute Gasteiger partial charge is 0.398 e. The Balaban J connectivity index is 2.11. The number of nitrogens with two attached hydrogens (primary N) is 1. The van der Waals surface area contributed by atoms with Crippen LogP contribution >= 0.6 is 23.2 Å². The first kappa shape index (κ1) is 14.7. The molecule has 0 saturated heterocycles. The average molecular weight is 309 g/mol. The number of halogens is 2. The molecule has 0 bridgehead atoms. The Labute approximate surface area is 127 Å². The molecule has 0 heterocycles. The van der Waals surface area contributed by atoms with Crippen molar-refractivity contribution in [3.05, 3.63) is 63.6 Å². The minimum absolute atomic E-state index is 0.109. The van der Waals surface area contributed by atoms with Crippen LogP contribution in [0.25, 0.3) is 0 Å². The summed E-state index contributed by atoms with van der Waals surface area (Å²) in [6.45, 7) is 0.498. The Hall–Kier alpha value is -1.71. The van der Waals surface area contributed by atoms with E-state index in [1.807, 2.05) is 12.1 Å². The van der Waals surface area contributed by atoms with E-state index in [0.717, 1.165) is 5.56 Å². The van der Waals surface area contributed by atoms with Gasteiger partial charge in [-0.3, -0.25) is 4.79 Å². The lowest BCUT2D eigenvalue weighted by molar-refractivity contribution is 0.0785. The van der Waals surface area contributed by atoms with E-state index in [1.165, 1.54) is 0 Å². The molecule has 2 N–H and O–H groups in total. The predicted molar refractivity (Wildman–Crippen MR) is 83.1 cm³/mol. The second kappa shape index (κ2) is 6.16. The van der Waals surface area contributed by atoms with E-state index in [1.54, 1.807) is 42.3 Å². The summed E-state index contributed by atoms with van der Waals surface area (Å²) in [4.78, 5) is 13.9. The number of amides is 1. The number of benzene rings is 2. The van der Waals surface area contributed by atoms with E-state index in [-0.39, 0.29) is 5.91 Å². The van der Waals surface area contributed by atoms with E-state index in [9.17, 15) is 4.79 Å². The molecule has 0 aliphatic carbocycles. The molecule has 2 rings (SSSR count). The van der Waals surface area contributed by atoms with Crippen LogP contribution in [0.1, 0.15) is 15.9 Å². The van der Waals surface area contributed by atoms with E-state index in [0.29, 0.717) is 27.8 Å². The zero-order valence-corrected chi connectivity index (χ0v) is 12.4. The number of hydrogen-bond acceptors (Lipinski definition) is 2. The van der Waals surface area contributed by atoms with Crippen molar-refractivity contribution in [2.75, 3.05) is 12.8 Å². The van der Waals surface area contributed by atoms with E-state index in [2.05, 4.69) is 0 Å². The van der Waals surface area contributed by atoms with E-state index >= 15 is 0 Å². The number of nitrogen functional groups attached to an aromatic ring is 1. The monoisotopic (exact) mass is 308 g/mol. The van der Waals surface area contributed by atoms with Gasteiger partial charge in [0.15, 0.2) is 0 Å². The highest BCUT2D eigenvalue weighted by molar-refractivity contribution is 6.33. The highest BCUT2D eigenvalue weighted by Gasteiger charge is 2.13. The van der Waals surface area contributed by atoms with Crippen molar-refractivity contribution >= 4 is 34.8 Å². The maximum absolute atomic E-state index is 12.3. The lowest BCUT2D eigenvalue weighted by Crippen LogP contribution is -2.26. The maximum atomic E-state index is 12.3.